The first-order valence-corrected chi connectivity index (χ1v) is 5.38. The van der Waals surface area contributed by atoms with Gasteiger partial charge in [-0.05, 0) is 39.5 Å². The van der Waals surface area contributed by atoms with E-state index in [1.165, 1.54) is 17.2 Å². The number of rotatable bonds is 3. The fourth-order valence-corrected chi connectivity index (χ4v) is 2.10. The van der Waals surface area contributed by atoms with Gasteiger partial charge in [-0.2, -0.15) is 0 Å². The van der Waals surface area contributed by atoms with Gasteiger partial charge in [0.15, 0.2) is 0 Å². The first-order valence-electron chi connectivity index (χ1n) is 3.71. The van der Waals surface area contributed by atoms with E-state index in [4.69, 9.17) is 10.8 Å². The molecule has 0 unspecified atom stereocenters. The number of nitrogen functional groups attached to an aromatic ring is 1. The second-order valence-corrected chi connectivity index (χ2v) is 4.25. The molecule has 0 heterocycles. The van der Waals surface area contributed by atoms with Crippen molar-refractivity contribution in [1.29, 1.82) is 0 Å². The second-order valence-electron chi connectivity index (χ2n) is 2.45. The van der Waals surface area contributed by atoms with E-state index in [0.717, 1.165) is 15.4 Å². The first kappa shape index (κ1) is 11.1. The Morgan fingerprint density at radius 3 is 2.86 bits per heavy atom. The molecule has 1 aromatic carbocycles. The zero-order valence-electron chi connectivity index (χ0n) is 7.11. The third-order valence-corrected chi connectivity index (χ3v) is 3.16. The van der Waals surface area contributed by atoms with Crippen molar-refractivity contribution in [3.8, 4) is 0 Å². The highest BCUT2D eigenvalue weighted by Crippen LogP contribution is 2.29. The summed E-state index contributed by atoms with van der Waals surface area (Å²) in [5, 5.41) is 9.89. The van der Waals surface area contributed by atoms with Gasteiger partial charge in [0.2, 0.25) is 0 Å². The van der Waals surface area contributed by atoms with Crippen LogP contribution < -0.4 is 5.73 Å². The van der Waals surface area contributed by atoms with E-state index >= 15 is 0 Å². The van der Waals surface area contributed by atoms with Gasteiger partial charge in [-0.25, -0.2) is 4.79 Å². The zero-order chi connectivity index (χ0) is 10.6. The maximum atomic E-state index is 10.2. The van der Waals surface area contributed by atoms with E-state index in [1.54, 1.807) is 12.1 Å². The molecule has 5 heteroatoms. The Kier molecular flexibility index (Phi) is 4.03. The fourth-order valence-electron chi connectivity index (χ4n) is 0.778. The van der Waals surface area contributed by atoms with Crippen molar-refractivity contribution in [2.24, 2.45) is 0 Å². The summed E-state index contributed by atoms with van der Waals surface area (Å²) >= 11 is 4.65. The minimum atomic E-state index is -0.955. The molecule has 0 saturated carbocycles. The Labute approximate surface area is 94.1 Å². The molecule has 1 aromatic rings. The van der Waals surface area contributed by atoms with Crippen molar-refractivity contribution in [3.05, 3.63) is 34.2 Å². The first-order chi connectivity index (χ1) is 6.59. The summed E-state index contributed by atoms with van der Waals surface area (Å²) in [4.78, 5) is 11.1. The molecular weight excluding hydrogens is 266 g/mol. The number of thioether (sulfide) groups is 1. The summed E-state index contributed by atoms with van der Waals surface area (Å²) in [5.41, 5.74) is 6.22. The molecule has 1 rings (SSSR count). The van der Waals surface area contributed by atoms with Crippen LogP contribution in [0.1, 0.15) is 0 Å². The molecule has 0 radical (unpaired) electrons. The van der Waals surface area contributed by atoms with Gasteiger partial charge in [0.1, 0.15) is 0 Å². The van der Waals surface area contributed by atoms with Gasteiger partial charge in [0.25, 0.3) is 0 Å². The summed E-state index contributed by atoms with van der Waals surface area (Å²) in [6, 6.07) is 5.37. The Morgan fingerprint density at radius 1 is 1.57 bits per heavy atom. The lowest BCUT2D eigenvalue weighted by Gasteiger charge is -2.00. The number of benzene rings is 1. The van der Waals surface area contributed by atoms with Crippen LogP contribution in [-0.2, 0) is 4.79 Å². The van der Waals surface area contributed by atoms with Crippen LogP contribution in [0.15, 0.2) is 39.1 Å². The zero-order valence-corrected chi connectivity index (χ0v) is 9.51. The van der Waals surface area contributed by atoms with Crippen molar-refractivity contribution in [1.82, 2.24) is 0 Å². The van der Waals surface area contributed by atoms with Gasteiger partial charge >= 0.3 is 5.97 Å². The van der Waals surface area contributed by atoms with Crippen LogP contribution in [0.3, 0.4) is 0 Å². The Bertz CT molecular complexity index is 379. The summed E-state index contributed by atoms with van der Waals surface area (Å²) in [6.45, 7) is 0. The van der Waals surface area contributed by atoms with Crippen LogP contribution in [0, 0.1) is 0 Å². The normalized spacial score (nSPS) is 10.6. The summed E-state index contributed by atoms with van der Waals surface area (Å²) < 4.78 is 0.859. The number of anilines is 1. The van der Waals surface area contributed by atoms with Crippen LogP contribution in [0.5, 0.6) is 0 Å². The number of hydrogen-bond donors (Lipinski definition) is 2. The molecule has 0 fully saturated rings. The van der Waals surface area contributed by atoms with Gasteiger partial charge in [-0.15, -0.1) is 0 Å². The molecule has 0 spiro atoms. The van der Waals surface area contributed by atoms with Crippen LogP contribution in [0.4, 0.5) is 5.69 Å². The minimum absolute atomic E-state index is 0.670. The van der Waals surface area contributed by atoms with Crippen molar-refractivity contribution in [2.45, 2.75) is 4.90 Å². The van der Waals surface area contributed by atoms with Crippen LogP contribution in [0.2, 0.25) is 0 Å². The number of carboxylic acids is 1. The third kappa shape index (κ3) is 3.43. The second kappa shape index (κ2) is 5.07. The topological polar surface area (TPSA) is 63.3 Å². The number of carbonyl (C=O) groups is 1. The number of hydrogen-bond acceptors (Lipinski definition) is 3. The smallest absolute Gasteiger partial charge is 0.328 e. The molecule has 14 heavy (non-hydrogen) atoms. The standard InChI is InChI=1S/C9H8BrNO2S/c10-7-5-6(11)1-2-8(7)14-4-3-9(12)13/h1-5H,11H2,(H,12,13)/b4-3+. The Morgan fingerprint density at radius 2 is 2.29 bits per heavy atom. The molecule has 3 nitrogen and oxygen atoms in total. The average molecular weight is 274 g/mol. The van der Waals surface area contributed by atoms with Gasteiger partial charge in [-0.1, -0.05) is 11.8 Å². The fraction of sp³-hybridized carbons (Fsp3) is 0. The largest absolute Gasteiger partial charge is 0.478 e. The van der Waals surface area contributed by atoms with E-state index in [-0.39, 0.29) is 0 Å². The Hall–Kier alpha value is -0.940. The van der Waals surface area contributed by atoms with Crippen molar-refractivity contribution in [2.75, 3.05) is 5.73 Å². The van der Waals surface area contributed by atoms with E-state index in [2.05, 4.69) is 15.9 Å². The molecule has 0 atom stereocenters. The molecule has 0 amide bonds. The minimum Gasteiger partial charge on any atom is -0.478 e. The number of nitrogens with two attached hydrogens (primary N) is 1. The highest BCUT2D eigenvalue weighted by atomic mass is 79.9. The number of halogens is 1. The van der Waals surface area contributed by atoms with Crippen LogP contribution in [0.25, 0.3) is 0 Å². The average Bonchev–Trinajstić information content (AvgIpc) is 2.08. The van der Waals surface area contributed by atoms with E-state index < -0.39 is 5.97 Å². The van der Waals surface area contributed by atoms with Crippen LogP contribution in [-0.4, -0.2) is 11.1 Å². The van der Waals surface area contributed by atoms with E-state index in [1.807, 2.05) is 6.07 Å². The van der Waals surface area contributed by atoms with E-state index in [0.29, 0.717) is 5.69 Å². The van der Waals surface area contributed by atoms with Gasteiger partial charge in [0.05, 0.1) is 0 Å². The highest BCUT2D eigenvalue weighted by molar-refractivity contribution is 9.10. The third-order valence-electron chi connectivity index (χ3n) is 1.36. The predicted octanol–water partition coefficient (Wildman–Crippen LogP) is 2.72. The Balaban J connectivity index is 2.73. The maximum absolute atomic E-state index is 10.2. The molecule has 3 N–H and O–H groups in total. The molecule has 0 bridgehead atoms. The van der Waals surface area contributed by atoms with E-state index in [9.17, 15) is 4.79 Å². The summed E-state index contributed by atoms with van der Waals surface area (Å²) in [5.74, 6) is -0.955. The van der Waals surface area contributed by atoms with Crippen LogP contribution >= 0.6 is 27.7 Å². The number of aliphatic carboxylic acids is 1. The molecule has 0 saturated heterocycles. The van der Waals surface area contributed by atoms with Gasteiger partial charge in [0, 0.05) is 21.1 Å². The quantitative estimate of drug-likeness (QED) is 0.505. The highest BCUT2D eigenvalue weighted by Gasteiger charge is 1.98. The van der Waals surface area contributed by atoms with Crippen molar-refractivity contribution >= 4 is 39.3 Å². The van der Waals surface area contributed by atoms with Crippen molar-refractivity contribution in [3.63, 3.8) is 0 Å². The SMILES string of the molecule is Nc1ccc(S/C=C/C(=O)O)c(Br)c1. The predicted molar refractivity (Wildman–Crippen MR) is 61.2 cm³/mol. The summed E-state index contributed by atoms with van der Waals surface area (Å²) in [7, 11) is 0. The molecule has 0 aliphatic heterocycles. The molecule has 74 valence electrons. The molecule has 0 aromatic heterocycles. The monoisotopic (exact) mass is 273 g/mol. The lowest BCUT2D eigenvalue weighted by atomic mass is 10.3. The molecular formula is C9H8BrNO2S. The molecule has 0 aliphatic carbocycles. The number of carboxylic acid groups (broad SMARTS) is 1. The van der Waals surface area contributed by atoms with Gasteiger partial charge < -0.3 is 10.8 Å². The van der Waals surface area contributed by atoms with Crippen molar-refractivity contribution < 1.29 is 9.90 Å². The lowest BCUT2D eigenvalue weighted by Crippen LogP contribution is -1.85. The van der Waals surface area contributed by atoms with Gasteiger partial charge in [-0.3, -0.25) is 0 Å². The lowest BCUT2D eigenvalue weighted by molar-refractivity contribution is -0.131. The molecule has 0 aliphatic rings. The maximum Gasteiger partial charge on any atom is 0.328 e. The summed E-state index contributed by atoms with van der Waals surface area (Å²) in [6.07, 6.45) is 1.09.